The molecule has 0 fully saturated rings. The van der Waals surface area contributed by atoms with Gasteiger partial charge in [-0.1, -0.05) is 65.8 Å². The molecule has 1 atom stereocenters. The summed E-state index contributed by atoms with van der Waals surface area (Å²) in [7, 11) is 0. The maximum Gasteiger partial charge on any atom is 0.191 e. The average Bonchev–Trinajstić information content (AvgIpc) is 3.06. The second-order valence-electron chi connectivity index (χ2n) is 6.15. The van der Waals surface area contributed by atoms with Crippen LogP contribution in [0.25, 0.3) is 0 Å². The number of hydrogen-bond donors (Lipinski definition) is 0. The highest BCUT2D eigenvalue weighted by molar-refractivity contribution is 7.98. The third-order valence-electron chi connectivity index (χ3n) is 4.18. The van der Waals surface area contributed by atoms with E-state index in [0.717, 1.165) is 16.7 Å². The molecule has 0 N–H and O–H groups in total. The Kier molecular flexibility index (Phi) is 6.58. The summed E-state index contributed by atoms with van der Waals surface area (Å²) in [4.78, 5) is 0. The van der Waals surface area contributed by atoms with Crippen LogP contribution in [0.15, 0.2) is 66.3 Å². The Bertz CT molecular complexity index is 925. The predicted octanol–water partition coefficient (Wildman–Crippen LogP) is 5.86. The van der Waals surface area contributed by atoms with E-state index in [-0.39, 0.29) is 6.10 Å². The second-order valence-corrected chi connectivity index (χ2v) is 7.50. The van der Waals surface area contributed by atoms with Gasteiger partial charge in [0.1, 0.15) is 5.75 Å². The van der Waals surface area contributed by atoms with Crippen molar-refractivity contribution in [2.45, 2.75) is 37.4 Å². The molecular weight excluding hydrogens is 378 g/mol. The Balaban J connectivity index is 1.79. The lowest BCUT2D eigenvalue weighted by Crippen LogP contribution is -2.12. The number of aryl methyl sites for hydroxylation is 1. The number of aromatic nitrogens is 3. The Morgan fingerprint density at radius 3 is 2.67 bits per heavy atom. The highest BCUT2D eigenvalue weighted by atomic mass is 35.5. The Hall–Kier alpha value is -2.24. The quantitative estimate of drug-likeness (QED) is 0.351. The molecule has 140 valence electrons. The molecule has 3 rings (SSSR count). The molecule has 0 aliphatic rings. The van der Waals surface area contributed by atoms with Gasteiger partial charge in [0.15, 0.2) is 17.1 Å². The minimum atomic E-state index is -0.287. The largest absolute Gasteiger partial charge is 0.481 e. The molecule has 4 nitrogen and oxygen atoms in total. The van der Waals surface area contributed by atoms with Gasteiger partial charge < -0.3 is 4.74 Å². The first-order chi connectivity index (χ1) is 13.1. The third-order valence-corrected chi connectivity index (χ3v) is 5.51. The molecule has 0 radical (unpaired) electrons. The number of halogens is 1. The lowest BCUT2D eigenvalue weighted by Gasteiger charge is -2.16. The van der Waals surface area contributed by atoms with Gasteiger partial charge in [0, 0.05) is 12.3 Å². The van der Waals surface area contributed by atoms with Crippen molar-refractivity contribution in [3.63, 3.8) is 0 Å². The summed E-state index contributed by atoms with van der Waals surface area (Å²) in [6.07, 6.45) is 1.55. The van der Waals surface area contributed by atoms with Crippen molar-refractivity contribution >= 4 is 23.4 Å². The number of hydrogen-bond acceptors (Lipinski definition) is 4. The van der Waals surface area contributed by atoms with Crippen LogP contribution in [0.3, 0.4) is 0 Å². The number of para-hydroxylation sites is 1. The summed E-state index contributed by atoms with van der Waals surface area (Å²) < 4.78 is 8.05. The molecule has 0 aliphatic heterocycles. The van der Waals surface area contributed by atoms with Crippen LogP contribution in [0, 0.1) is 6.92 Å². The standard InChI is InChI=1S/C21H22ClN3OS/c1-4-13-25-20(16(3)26-19-12-8-7-11-18(19)22)23-24-21(25)27-14-17-10-6-5-9-15(17)2/h4-12,16H,1,13-14H2,2-3H3. The number of nitrogens with zero attached hydrogens (tertiary/aromatic N) is 3. The van der Waals surface area contributed by atoms with E-state index in [1.54, 1.807) is 11.8 Å². The molecule has 1 unspecified atom stereocenters. The SMILES string of the molecule is C=CCn1c(SCc2ccccc2C)nnc1C(C)Oc1ccccc1Cl. The zero-order valence-electron chi connectivity index (χ0n) is 15.4. The fourth-order valence-electron chi connectivity index (χ4n) is 2.71. The zero-order chi connectivity index (χ0) is 19.2. The van der Waals surface area contributed by atoms with Crippen LogP contribution in [0.4, 0.5) is 0 Å². The van der Waals surface area contributed by atoms with Gasteiger partial charge in [-0.25, -0.2) is 0 Å². The van der Waals surface area contributed by atoms with Crippen LogP contribution < -0.4 is 4.74 Å². The summed E-state index contributed by atoms with van der Waals surface area (Å²) in [5, 5.41) is 10.2. The molecule has 0 bridgehead atoms. The maximum atomic E-state index is 6.21. The Labute approximate surface area is 169 Å². The average molecular weight is 400 g/mol. The van der Waals surface area contributed by atoms with Crippen molar-refractivity contribution in [3.05, 3.63) is 83.2 Å². The molecule has 1 heterocycles. The first-order valence-electron chi connectivity index (χ1n) is 8.72. The number of rotatable bonds is 8. The van der Waals surface area contributed by atoms with Crippen molar-refractivity contribution < 1.29 is 4.74 Å². The first-order valence-corrected chi connectivity index (χ1v) is 10.1. The van der Waals surface area contributed by atoms with Crippen molar-refractivity contribution in [1.29, 1.82) is 0 Å². The highest BCUT2D eigenvalue weighted by Gasteiger charge is 2.20. The molecular formula is C21H22ClN3OS. The molecule has 0 amide bonds. The van der Waals surface area contributed by atoms with Gasteiger partial charge in [-0.2, -0.15) is 0 Å². The summed E-state index contributed by atoms with van der Waals surface area (Å²) in [6.45, 7) is 8.55. The van der Waals surface area contributed by atoms with Crippen LogP contribution >= 0.6 is 23.4 Å². The van der Waals surface area contributed by atoms with Crippen LogP contribution in [0.2, 0.25) is 5.02 Å². The summed E-state index contributed by atoms with van der Waals surface area (Å²) >= 11 is 7.87. The number of benzene rings is 2. The van der Waals surface area contributed by atoms with Crippen molar-refractivity contribution in [3.8, 4) is 5.75 Å². The van der Waals surface area contributed by atoms with Gasteiger partial charge in [-0.05, 0) is 37.1 Å². The van der Waals surface area contributed by atoms with Crippen molar-refractivity contribution in [2.24, 2.45) is 0 Å². The van der Waals surface area contributed by atoms with E-state index in [4.69, 9.17) is 16.3 Å². The first kappa shape index (κ1) is 19.5. The van der Waals surface area contributed by atoms with E-state index < -0.39 is 0 Å². The molecule has 3 aromatic rings. The van der Waals surface area contributed by atoms with E-state index in [1.807, 2.05) is 41.8 Å². The topological polar surface area (TPSA) is 39.9 Å². The van der Waals surface area contributed by atoms with Crippen molar-refractivity contribution in [2.75, 3.05) is 0 Å². The second kappa shape index (κ2) is 9.11. The fourth-order valence-corrected chi connectivity index (χ4v) is 3.92. The lowest BCUT2D eigenvalue weighted by atomic mass is 10.1. The third kappa shape index (κ3) is 4.73. The summed E-state index contributed by atoms with van der Waals surface area (Å²) in [5.41, 5.74) is 2.56. The van der Waals surface area contributed by atoms with Gasteiger partial charge in [0.2, 0.25) is 0 Å². The predicted molar refractivity (Wildman–Crippen MR) is 111 cm³/mol. The van der Waals surface area contributed by atoms with Crippen molar-refractivity contribution in [1.82, 2.24) is 14.8 Å². The fraction of sp³-hybridized carbons (Fsp3) is 0.238. The number of ether oxygens (including phenoxy) is 1. The van der Waals surface area contributed by atoms with Gasteiger partial charge in [-0.15, -0.1) is 16.8 Å². The maximum absolute atomic E-state index is 6.21. The Morgan fingerprint density at radius 2 is 1.93 bits per heavy atom. The van der Waals surface area contributed by atoms with Crippen LogP contribution in [-0.4, -0.2) is 14.8 Å². The van der Waals surface area contributed by atoms with Crippen LogP contribution in [0.5, 0.6) is 5.75 Å². The molecule has 1 aromatic heterocycles. The molecule has 2 aromatic carbocycles. The van der Waals surface area contributed by atoms with Gasteiger partial charge >= 0.3 is 0 Å². The van der Waals surface area contributed by atoms with E-state index >= 15 is 0 Å². The minimum absolute atomic E-state index is 0.287. The molecule has 27 heavy (non-hydrogen) atoms. The lowest BCUT2D eigenvalue weighted by molar-refractivity contribution is 0.210. The van der Waals surface area contributed by atoms with E-state index in [1.165, 1.54) is 11.1 Å². The van der Waals surface area contributed by atoms with Gasteiger partial charge in [0.25, 0.3) is 0 Å². The van der Waals surface area contributed by atoms with Gasteiger partial charge in [-0.3, -0.25) is 4.57 Å². The summed E-state index contributed by atoms with van der Waals surface area (Å²) in [6, 6.07) is 15.8. The van der Waals surface area contributed by atoms with Gasteiger partial charge in [0.05, 0.1) is 5.02 Å². The van der Waals surface area contributed by atoms with Crippen LogP contribution in [0.1, 0.15) is 30.0 Å². The minimum Gasteiger partial charge on any atom is -0.481 e. The molecule has 6 heteroatoms. The number of allylic oxidation sites excluding steroid dienone is 1. The zero-order valence-corrected chi connectivity index (χ0v) is 17.0. The molecule has 0 spiro atoms. The van der Waals surface area contributed by atoms with E-state index in [2.05, 4.69) is 48.0 Å². The van der Waals surface area contributed by atoms with E-state index in [9.17, 15) is 0 Å². The Morgan fingerprint density at radius 1 is 1.19 bits per heavy atom. The monoisotopic (exact) mass is 399 g/mol. The molecule has 0 aliphatic carbocycles. The van der Waals surface area contributed by atoms with E-state index in [0.29, 0.717) is 17.3 Å². The normalized spacial score (nSPS) is 12.0. The number of thioether (sulfide) groups is 1. The molecule has 0 saturated carbocycles. The smallest absolute Gasteiger partial charge is 0.191 e. The highest BCUT2D eigenvalue weighted by Crippen LogP contribution is 2.30. The molecule has 0 saturated heterocycles. The van der Waals surface area contributed by atoms with Crippen LogP contribution in [-0.2, 0) is 12.3 Å². The summed E-state index contributed by atoms with van der Waals surface area (Å²) in [5.74, 6) is 2.22.